The Labute approximate surface area is 176 Å². The first-order valence-corrected chi connectivity index (χ1v) is 8.87. The third-order valence-corrected chi connectivity index (χ3v) is 4.22. The number of aryl methyl sites for hydroxylation is 2. The molecule has 0 bridgehead atoms. The summed E-state index contributed by atoms with van der Waals surface area (Å²) in [5.74, 6) is 0. The topological polar surface area (TPSA) is 114 Å². The maximum absolute atomic E-state index is 10.4. The molecule has 120 valence electrons. The summed E-state index contributed by atoms with van der Waals surface area (Å²) >= 11 is 0. The molecule has 0 heterocycles. The van der Waals surface area contributed by atoms with E-state index in [-0.39, 0.29) is 58.7 Å². The van der Waals surface area contributed by atoms with Crippen molar-refractivity contribution >= 4 is 69.1 Å². The van der Waals surface area contributed by atoms with E-state index in [1.54, 1.807) is 38.1 Å². The molecular weight excluding hydrogens is 466 g/mol. The van der Waals surface area contributed by atoms with Gasteiger partial charge in [0.1, 0.15) is 20.2 Å². The minimum Gasteiger partial charge on any atom is -0.744 e. The first kappa shape index (κ1) is 22.8. The van der Waals surface area contributed by atoms with Crippen molar-refractivity contribution in [2.75, 3.05) is 0 Å². The van der Waals surface area contributed by atoms with E-state index in [9.17, 15) is 25.9 Å². The molecule has 0 N–H and O–H groups in total. The van der Waals surface area contributed by atoms with Gasteiger partial charge < -0.3 is 9.11 Å². The number of hydrogen-bond acceptors (Lipinski definition) is 6. The van der Waals surface area contributed by atoms with Gasteiger partial charge in [0, 0.05) is 0 Å². The molecule has 0 saturated carbocycles. The molecule has 23 heavy (non-hydrogen) atoms. The van der Waals surface area contributed by atoms with Gasteiger partial charge in [-0.25, -0.2) is 16.8 Å². The van der Waals surface area contributed by atoms with Crippen LogP contribution in [0.15, 0.2) is 58.3 Å². The molecular formula is C14H14BaO6S2. The van der Waals surface area contributed by atoms with Gasteiger partial charge in [-0.1, -0.05) is 24.3 Å². The second-order valence-electron chi connectivity index (χ2n) is 4.54. The Balaban J connectivity index is 0.000000403. The van der Waals surface area contributed by atoms with Crippen LogP contribution in [0, 0.1) is 13.8 Å². The Hall–Kier alpha value is -0.169. The summed E-state index contributed by atoms with van der Waals surface area (Å²) in [4.78, 5) is -0.338. The van der Waals surface area contributed by atoms with Crippen LogP contribution in [-0.2, 0) is 20.2 Å². The van der Waals surface area contributed by atoms with Gasteiger partial charge >= 0.3 is 48.9 Å². The first-order chi connectivity index (χ1) is 10.00. The van der Waals surface area contributed by atoms with Crippen molar-refractivity contribution in [3.8, 4) is 0 Å². The van der Waals surface area contributed by atoms with Gasteiger partial charge in [-0.3, -0.25) is 0 Å². The Morgan fingerprint density at radius 1 is 0.696 bits per heavy atom. The summed E-state index contributed by atoms with van der Waals surface area (Å²) in [7, 11) is -8.55. The Bertz CT molecular complexity index is 787. The van der Waals surface area contributed by atoms with Gasteiger partial charge in [0.25, 0.3) is 0 Å². The van der Waals surface area contributed by atoms with Gasteiger partial charge in [0.05, 0.1) is 9.79 Å². The summed E-state index contributed by atoms with van der Waals surface area (Å²) in [6.45, 7) is 3.46. The molecule has 2 rings (SSSR count). The van der Waals surface area contributed by atoms with Gasteiger partial charge in [-0.05, 0) is 49.2 Å². The van der Waals surface area contributed by atoms with Crippen molar-refractivity contribution in [1.82, 2.24) is 0 Å². The third-order valence-electron chi connectivity index (χ3n) is 2.56. The van der Waals surface area contributed by atoms with Crippen LogP contribution in [0.25, 0.3) is 0 Å². The fraction of sp³-hybridized carbons (Fsp3) is 0.143. The van der Waals surface area contributed by atoms with Crippen LogP contribution in [0.1, 0.15) is 11.1 Å². The molecule has 9 heteroatoms. The second kappa shape index (κ2) is 9.35. The summed E-state index contributed by atoms with van der Waals surface area (Å²) in [6, 6.07) is 11.8. The molecule has 0 amide bonds. The molecule has 0 atom stereocenters. The average Bonchev–Trinajstić information content (AvgIpc) is 2.37. The molecule has 2 aromatic carbocycles. The largest absolute Gasteiger partial charge is 2.00 e. The van der Waals surface area contributed by atoms with Crippen LogP contribution in [0.4, 0.5) is 0 Å². The van der Waals surface area contributed by atoms with Crippen LogP contribution in [0.5, 0.6) is 0 Å². The van der Waals surface area contributed by atoms with Gasteiger partial charge in [-0.15, -0.1) is 0 Å². The molecule has 0 aliphatic heterocycles. The van der Waals surface area contributed by atoms with E-state index in [2.05, 4.69) is 0 Å². The van der Waals surface area contributed by atoms with Crippen molar-refractivity contribution in [3.63, 3.8) is 0 Å². The quantitative estimate of drug-likeness (QED) is 0.475. The van der Waals surface area contributed by atoms with E-state index in [1.165, 1.54) is 24.3 Å². The fourth-order valence-electron chi connectivity index (χ4n) is 1.54. The van der Waals surface area contributed by atoms with Crippen molar-refractivity contribution in [1.29, 1.82) is 0 Å². The van der Waals surface area contributed by atoms with Crippen molar-refractivity contribution < 1.29 is 25.9 Å². The summed E-state index contributed by atoms with van der Waals surface area (Å²) in [6.07, 6.45) is 0. The molecule has 6 nitrogen and oxygen atoms in total. The minimum atomic E-state index is -4.28. The van der Waals surface area contributed by atoms with Crippen LogP contribution in [-0.4, -0.2) is 74.8 Å². The van der Waals surface area contributed by atoms with Gasteiger partial charge in [0.2, 0.25) is 0 Å². The predicted molar refractivity (Wildman–Crippen MR) is 84.0 cm³/mol. The summed E-state index contributed by atoms with van der Waals surface area (Å²) in [5.41, 5.74) is 1.53. The van der Waals surface area contributed by atoms with Crippen molar-refractivity contribution in [3.05, 3.63) is 59.7 Å². The monoisotopic (exact) mass is 480 g/mol. The van der Waals surface area contributed by atoms with E-state index < -0.39 is 20.2 Å². The van der Waals surface area contributed by atoms with E-state index in [0.29, 0.717) is 0 Å². The Morgan fingerprint density at radius 3 is 1.17 bits per heavy atom. The van der Waals surface area contributed by atoms with E-state index in [0.717, 1.165) is 11.1 Å². The number of hydrogen-bond donors (Lipinski definition) is 0. The van der Waals surface area contributed by atoms with Crippen LogP contribution < -0.4 is 0 Å². The third kappa shape index (κ3) is 8.47. The fourth-order valence-corrected chi connectivity index (χ4v) is 2.69. The maximum atomic E-state index is 10.4. The smallest absolute Gasteiger partial charge is 0.744 e. The molecule has 0 fully saturated rings. The predicted octanol–water partition coefficient (Wildman–Crippen LogP) is 1.42. The minimum absolute atomic E-state index is 0. The molecule has 0 aliphatic rings. The average molecular weight is 480 g/mol. The summed E-state index contributed by atoms with van der Waals surface area (Å²) < 4.78 is 62.6. The van der Waals surface area contributed by atoms with Crippen LogP contribution in [0.3, 0.4) is 0 Å². The summed E-state index contributed by atoms with van der Waals surface area (Å²) in [5, 5.41) is 0. The van der Waals surface area contributed by atoms with Crippen LogP contribution >= 0.6 is 0 Å². The second-order valence-corrected chi connectivity index (χ2v) is 7.30. The van der Waals surface area contributed by atoms with Gasteiger partial charge in [0.15, 0.2) is 0 Å². The zero-order valence-corrected chi connectivity index (χ0v) is 18.7. The maximum Gasteiger partial charge on any atom is 2.00 e. The van der Waals surface area contributed by atoms with Crippen molar-refractivity contribution in [2.45, 2.75) is 23.6 Å². The standard InChI is InChI=1S/2C7H8O3S.Ba/c2*1-6-3-2-4-7(5-6)11(8,9)10;/h2*2-5H,1H3,(H,8,9,10);/q;;+2/p-2. The molecule has 0 spiro atoms. The van der Waals surface area contributed by atoms with E-state index in [1.807, 2.05) is 0 Å². The molecule has 0 radical (unpaired) electrons. The van der Waals surface area contributed by atoms with Crippen LogP contribution in [0.2, 0.25) is 0 Å². The SMILES string of the molecule is Cc1cccc(S(=O)(=O)[O-])c1.Cc1cccc(S(=O)(=O)[O-])c1.[Ba+2]. The zero-order chi connectivity index (χ0) is 17.0. The number of rotatable bonds is 2. The molecule has 0 saturated heterocycles. The molecule has 2 aromatic rings. The molecule has 0 aromatic heterocycles. The number of benzene rings is 2. The first-order valence-electron chi connectivity index (χ1n) is 6.05. The Morgan fingerprint density at radius 2 is 1.00 bits per heavy atom. The van der Waals surface area contributed by atoms with Crippen molar-refractivity contribution in [2.24, 2.45) is 0 Å². The Kier molecular flexibility index (Phi) is 9.28. The normalized spacial score (nSPS) is 11.0. The van der Waals surface area contributed by atoms with E-state index >= 15 is 0 Å². The zero-order valence-electron chi connectivity index (χ0n) is 12.6. The molecule has 0 aliphatic carbocycles. The van der Waals surface area contributed by atoms with Gasteiger partial charge in [-0.2, -0.15) is 0 Å². The molecule has 0 unspecified atom stereocenters. The van der Waals surface area contributed by atoms with E-state index in [4.69, 9.17) is 0 Å².